The lowest BCUT2D eigenvalue weighted by Gasteiger charge is -2.08. The Hall–Kier alpha value is -0.630. The van der Waals surface area contributed by atoms with Gasteiger partial charge in [-0.25, -0.2) is 0 Å². The third-order valence-corrected chi connectivity index (χ3v) is 3.26. The molecule has 0 radical (unpaired) electrons. The Bertz CT molecular complexity index is 320. The number of ketones is 1. The van der Waals surface area contributed by atoms with Crippen molar-refractivity contribution in [2.75, 3.05) is 0 Å². The van der Waals surface area contributed by atoms with E-state index in [2.05, 4.69) is 15.9 Å². The maximum Gasteiger partial charge on any atom is 0.140 e. The van der Waals surface area contributed by atoms with Crippen molar-refractivity contribution < 1.29 is 4.79 Å². The van der Waals surface area contributed by atoms with Crippen molar-refractivity contribution in [3.8, 4) is 0 Å². The molecule has 0 aliphatic heterocycles. The van der Waals surface area contributed by atoms with Crippen LogP contribution in [0.4, 0.5) is 0 Å². The van der Waals surface area contributed by atoms with Gasteiger partial charge in [-0.3, -0.25) is 4.79 Å². The van der Waals surface area contributed by atoms with Gasteiger partial charge < -0.3 is 0 Å². The molecule has 14 heavy (non-hydrogen) atoms. The molecule has 0 aromatic heterocycles. The van der Waals surface area contributed by atoms with Crippen LogP contribution in [0.15, 0.2) is 28.7 Å². The predicted molar refractivity (Wildman–Crippen MR) is 62.3 cm³/mol. The highest BCUT2D eigenvalue weighted by molar-refractivity contribution is 9.10. The maximum atomic E-state index is 11.7. The Morgan fingerprint density at radius 3 is 2.64 bits per heavy atom. The molecule has 0 aliphatic carbocycles. The van der Waals surface area contributed by atoms with Crippen molar-refractivity contribution in [1.82, 2.24) is 0 Å². The lowest BCUT2D eigenvalue weighted by atomic mass is 9.97. The smallest absolute Gasteiger partial charge is 0.140 e. The summed E-state index contributed by atoms with van der Waals surface area (Å²) in [5.74, 6) is 0.488. The monoisotopic (exact) mass is 254 g/mol. The second-order valence-corrected chi connectivity index (χ2v) is 4.40. The lowest BCUT2D eigenvalue weighted by Crippen LogP contribution is -2.12. The van der Waals surface area contributed by atoms with Crippen molar-refractivity contribution in [3.63, 3.8) is 0 Å². The zero-order valence-corrected chi connectivity index (χ0v) is 10.2. The highest BCUT2D eigenvalue weighted by atomic mass is 79.9. The van der Waals surface area contributed by atoms with Gasteiger partial charge in [0.15, 0.2) is 0 Å². The predicted octanol–water partition coefficient (Wildman–Crippen LogP) is 3.61. The van der Waals surface area contributed by atoms with Gasteiger partial charge in [0.1, 0.15) is 5.78 Å². The van der Waals surface area contributed by atoms with E-state index in [0.29, 0.717) is 12.2 Å². The summed E-state index contributed by atoms with van der Waals surface area (Å²) in [5.41, 5.74) is 1.08. The average Bonchev–Trinajstić information content (AvgIpc) is 2.20. The molecule has 0 fully saturated rings. The number of benzene rings is 1. The molecule has 1 unspecified atom stereocenters. The third-order valence-electron chi connectivity index (χ3n) is 2.48. The molecule has 1 atom stereocenters. The number of hydrogen-bond acceptors (Lipinski definition) is 1. The molecule has 1 aromatic carbocycles. The normalized spacial score (nSPS) is 12.5. The minimum absolute atomic E-state index is 0.169. The number of hydrogen-bond donors (Lipinski definition) is 0. The molecule has 1 nitrogen and oxygen atoms in total. The van der Waals surface area contributed by atoms with Crippen LogP contribution in [0.5, 0.6) is 0 Å². The molecule has 0 aliphatic rings. The van der Waals surface area contributed by atoms with Crippen LogP contribution in [0.25, 0.3) is 0 Å². The van der Waals surface area contributed by atoms with Gasteiger partial charge in [-0.05, 0) is 18.1 Å². The first kappa shape index (κ1) is 11.4. The molecule has 76 valence electrons. The zero-order valence-electron chi connectivity index (χ0n) is 8.59. The quantitative estimate of drug-likeness (QED) is 0.803. The Morgan fingerprint density at radius 1 is 1.43 bits per heavy atom. The molecule has 2 heteroatoms. The van der Waals surface area contributed by atoms with E-state index in [1.54, 1.807) is 0 Å². The van der Waals surface area contributed by atoms with Gasteiger partial charge in [0.05, 0.1) is 0 Å². The van der Waals surface area contributed by atoms with Crippen LogP contribution in [0.2, 0.25) is 0 Å². The minimum atomic E-state index is 0.169. The second kappa shape index (κ2) is 5.30. The molecule has 0 amide bonds. The Kier molecular flexibility index (Phi) is 4.33. The van der Waals surface area contributed by atoms with Crippen LogP contribution >= 0.6 is 15.9 Å². The van der Waals surface area contributed by atoms with E-state index in [1.165, 1.54) is 0 Å². The topological polar surface area (TPSA) is 17.1 Å². The van der Waals surface area contributed by atoms with Crippen molar-refractivity contribution in [3.05, 3.63) is 34.3 Å². The van der Waals surface area contributed by atoms with Crippen LogP contribution in [0, 0.1) is 5.92 Å². The van der Waals surface area contributed by atoms with E-state index >= 15 is 0 Å². The van der Waals surface area contributed by atoms with Crippen molar-refractivity contribution in [2.45, 2.75) is 26.7 Å². The first-order valence-corrected chi connectivity index (χ1v) is 5.70. The van der Waals surface area contributed by atoms with E-state index in [1.807, 2.05) is 38.1 Å². The highest BCUT2D eigenvalue weighted by Crippen LogP contribution is 2.18. The van der Waals surface area contributed by atoms with Crippen molar-refractivity contribution in [1.29, 1.82) is 0 Å². The van der Waals surface area contributed by atoms with Gasteiger partial charge in [-0.2, -0.15) is 0 Å². The minimum Gasteiger partial charge on any atom is -0.299 e. The second-order valence-electron chi connectivity index (χ2n) is 3.54. The van der Waals surface area contributed by atoms with Crippen LogP contribution in [-0.2, 0) is 11.2 Å². The van der Waals surface area contributed by atoms with Gasteiger partial charge >= 0.3 is 0 Å². The number of carbonyl (C=O) groups excluding carboxylic acids is 1. The fourth-order valence-corrected chi connectivity index (χ4v) is 1.66. The van der Waals surface area contributed by atoms with E-state index in [4.69, 9.17) is 0 Å². The SMILES string of the molecule is CCC(C)C(=O)Cc1ccccc1Br. The molecule has 0 bridgehead atoms. The highest BCUT2D eigenvalue weighted by Gasteiger charge is 2.12. The summed E-state index contributed by atoms with van der Waals surface area (Å²) >= 11 is 3.44. The van der Waals surface area contributed by atoms with E-state index in [-0.39, 0.29) is 5.92 Å². The molecule has 1 rings (SSSR count). The molecule has 1 aromatic rings. The maximum absolute atomic E-state index is 11.7. The van der Waals surface area contributed by atoms with Crippen LogP contribution in [0.3, 0.4) is 0 Å². The summed E-state index contributed by atoms with van der Waals surface area (Å²) in [6.45, 7) is 4.03. The van der Waals surface area contributed by atoms with Gasteiger partial charge in [0, 0.05) is 16.8 Å². The molecule has 0 saturated heterocycles. The number of halogens is 1. The van der Waals surface area contributed by atoms with Gasteiger partial charge in [0.2, 0.25) is 0 Å². The van der Waals surface area contributed by atoms with Crippen LogP contribution < -0.4 is 0 Å². The molecular weight excluding hydrogens is 240 g/mol. The fourth-order valence-electron chi connectivity index (χ4n) is 1.23. The fraction of sp³-hybridized carbons (Fsp3) is 0.417. The zero-order chi connectivity index (χ0) is 10.6. The van der Waals surface area contributed by atoms with Gasteiger partial charge in [0.25, 0.3) is 0 Å². The number of Topliss-reactive ketones (excluding diaryl/α,β-unsaturated/α-hetero) is 1. The summed E-state index contributed by atoms with van der Waals surface area (Å²) in [7, 11) is 0. The average molecular weight is 255 g/mol. The van der Waals surface area contributed by atoms with Crippen LogP contribution in [-0.4, -0.2) is 5.78 Å². The summed E-state index contributed by atoms with van der Waals surface area (Å²) in [4.78, 5) is 11.7. The van der Waals surface area contributed by atoms with E-state index < -0.39 is 0 Å². The van der Waals surface area contributed by atoms with Crippen molar-refractivity contribution >= 4 is 21.7 Å². The van der Waals surface area contributed by atoms with Gasteiger partial charge in [-0.1, -0.05) is 48.0 Å². The summed E-state index contributed by atoms with van der Waals surface area (Å²) < 4.78 is 1.02. The third kappa shape index (κ3) is 2.95. The Balaban J connectivity index is 2.70. The first-order valence-electron chi connectivity index (χ1n) is 4.91. The van der Waals surface area contributed by atoms with Crippen LogP contribution in [0.1, 0.15) is 25.8 Å². The lowest BCUT2D eigenvalue weighted by molar-refractivity contribution is -0.121. The summed E-state index contributed by atoms with van der Waals surface area (Å²) in [6.07, 6.45) is 1.46. The molecule has 0 saturated carbocycles. The summed E-state index contributed by atoms with van der Waals surface area (Å²) in [6, 6.07) is 7.88. The van der Waals surface area contributed by atoms with E-state index in [9.17, 15) is 4.79 Å². The molecule has 0 spiro atoms. The number of rotatable bonds is 4. The summed E-state index contributed by atoms with van der Waals surface area (Å²) in [5, 5.41) is 0. The van der Waals surface area contributed by atoms with Crippen molar-refractivity contribution in [2.24, 2.45) is 5.92 Å². The Labute approximate surface area is 93.7 Å². The molecular formula is C12H15BrO. The number of carbonyl (C=O) groups is 1. The molecule has 0 heterocycles. The molecule has 0 N–H and O–H groups in total. The van der Waals surface area contributed by atoms with Gasteiger partial charge in [-0.15, -0.1) is 0 Å². The largest absolute Gasteiger partial charge is 0.299 e. The first-order chi connectivity index (χ1) is 6.65. The van der Waals surface area contributed by atoms with E-state index in [0.717, 1.165) is 16.5 Å². The standard InChI is InChI=1S/C12H15BrO/c1-3-9(2)12(14)8-10-6-4-5-7-11(10)13/h4-7,9H,3,8H2,1-2H3. The Morgan fingerprint density at radius 2 is 2.07 bits per heavy atom.